The van der Waals surface area contributed by atoms with Gasteiger partial charge >= 0.3 is 45.9 Å². The van der Waals surface area contributed by atoms with Gasteiger partial charge in [0.1, 0.15) is 0 Å². The van der Waals surface area contributed by atoms with Crippen LogP contribution in [0.2, 0.25) is 0 Å². The van der Waals surface area contributed by atoms with Crippen molar-refractivity contribution in [2.24, 2.45) is 0 Å². The molecule has 0 aliphatic carbocycles. The normalized spacial score (nSPS) is 12.5. The van der Waals surface area contributed by atoms with Crippen molar-refractivity contribution in [3.05, 3.63) is 0 Å². The number of carbonyl (C=O) groups is 1. The van der Waals surface area contributed by atoms with Crippen molar-refractivity contribution in [1.82, 2.24) is 0 Å². The van der Waals surface area contributed by atoms with Crippen LogP contribution in [0.15, 0.2) is 0 Å². The van der Waals surface area contributed by atoms with Crippen LogP contribution in [0.3, 0.4) is 0 Å². The Labute approximate surface area is 169 Å². The predicted molar refractivity (Wildman–Crippen MR) is 89.5 cm³/mol. The maximum Gasteiger partial charge on any atom is 1.00 e. The summed E-state index contributed by atoms with van der Waals surface area (Å²) in [5.41, 5.74) is 0. The summed E-state index contributed by atoms with van der Waals surface area (Å²) >= 11 is 0. The molecule has 0 fully saturated rings. The minimum Gasteiger partial charge on any atom is -0.466 e. The molecule has 0 amide bonds. The summed E-state index contributed by atoms with van der Waals surface area (Å²) in [6.45, 7) is 3.94. The van der Waals surface area contributed by atoms with E-state index in [1.165, 1.54) is 51.9 Å². The van der Waals surface area contributed by atoms with Gasteiger partial charge in [-0.1, -0.05) is 64.7 Å². The summed E-state index contributed by atoms with van der Waals surface area (Å²) < 4.78 is 38.6. The molecule has 8 heteroatoms. The van der Waals surface area contributed by atoms with Crippen LogP contribution in [0.25, 0.3) is 0 Å². The standard InChI is InChI=1S/C16H32O6S.Na/c1-3-4-5-6-7-8-9-10-11-12-13-21-16(17)14-15(2)22-23(18,19)20;/h15H,3-14H2,1-2H3,(H,18,19,20);/q;+1. The van der Waals surface area contributed by atoms with Crippen molar-refractivity contribution in [1.29, 1.82) is 0 Å². The molecule has 0 saturated heterocycles. The van der Waals surface area contributed by atoms with Crippen LogP contribution in [0.1, 0.15) is 84.5 Å². The number of hydrogen-bond donors (Lipinski definition) is 1. The molecule has 0 aromatic carbocycles. The Morgan fingerprint density at radius 3 is 1.88 bits per heavy atom. The van der Waals surface area contributed by atoms with E-state index in [1.54, 1.807) is 0 Å². The third-order valence-electron chi connectivity index (χ3n) is 3.50. The first-order valence-electron chi connectivity index (χ1n) is 8.66. The van der Waals surface area contributed by atoms with E-state index in [4.69, 9.17) is 9.29 Å². The van der Waals surface area contributed by atoms with Gasteiger partial charge in [0, 0.05) is 0 Å². The van der Waals surface area contributed by atoms with E-state index in [0.717, 1.165) is 19.3 Å². The third-order valence-corrected chi connectivity index (χ3v) is 4.07. The zero-order valence-electron chi connectivity index (χ0n) is 15.5. The van der Waals surface area contributed by atoms with E-state index >= 15 is 0 Å². The van der Waals surface area contributed by atoms with Crippen molar-refractivity contribution in [2.45, 2.75) is 90.6 Å². The van der Waals surface area contributed by atoms with Gasteiger partial charge in [-0.15, -0.1) is 0 Å². The van der Waals surface area contributed by atoms with Gasteiger partial charge in [-0.05, 0) is 13.3 Å². The Bertz CT molecular complexity index is 399. The molecule has 6 nitrogen and oxygen atoms in total. The Balaban J connectivity index is 0. The summed E-state index contributed by atoms with van der Waals surface area (Å²) in [4.78, 5) is 11.4. The van der Waals surface area contributed by atoms with Crippen LogP contribution in [-0.2, 0) is 24.1 Å². The van der Waals surface area contributed by atoms with Crippen molar-refractivity contribution < 1.29 is 56.2 Å². The molecule has 0 aliphatic rings. The van der Waals surface area contributed by atoms with E-state index in [-0.39, 0.29) is 36.0 Å². The average molecular weight is 375 g/mol. The van der Waals surface area contributed by atoms with Crippen LogP contribution in [0, 0.1) is 0 Å². The molecule has 1 unspecified atom stereocenters. The van der Waals surface area contributed by atoms with E-state index in [0.29, 0.717) is 6.61 Å². The smallest absolute Gasteiger partial charge is 0.466 e. The molecule has 0 radical (unpaired) electrons. The number of ether oxygens (including phenoxy) is 1. The number of carbonyl (C=O) groups excluding carboxylic acids is 1. The topological polar surface area (TPSA) is 89.9 Å². The molecule has 138 valence electrons. The van der Waals surface area contributed by atoms with E-state index in [1.807, 2.05) is 0 Å². The first-order chi connectivity index (χ1) is 10.8. The molecule has 1 N–H and O–H groups in total. The Kier molecular flexibility index (Phi) is 18.6. The molecule has 0 heterocycles. The molecule has 1 atom stereocenters. The Hall–Kier alpha value is 0.340. The molecule has 0 aliphatic heterocycles. The number of rotatable bonds is 15. The monoisotopic (exact) mass is 375 g/mol. The molecule has 0 bridgehead atoms. The van der Waals surface area contributed by atoms with Gasteiger partial charge in [-0.3, -0.25) is 9.35 Å². The minimum absolute atomic E-state index is 0. The predicted octanol–water partition coefficient (Wildman–Crippen LogP) is 1.05. The molecule has 0 saturated carbocycles. The van der Waals surface area contributed by atoms with Crippen LogP contribution in [-0.4, -0.2) is 31.7 Å². The zero-order chi connectivity index (χ0) is 17.6. The molecule has 0 rings (SSSR count). The van der Waals surface area contributed by atoms with Gasteiger partial charge in [0.05, 0.1) is 19.1 Å². The molecular weight excluding hydrogens is 343 g/mol. The van der Waals surface area contributed by atoms with Crippen LogP contribution in [0.4, 0.5) is 0 Å². The second-order valence-electron chi connectivity index (χ2n) is 5.94. The van der Waals surface area contributed by atoms with Crippen LogP contribution >= 0.6 is 0 Å². The van der Waals surface area contributed by atoms with E-state index in [9.17, 15) is 13.2 Å². The van der Waals surface area contributed by atoms with Crippen molar-refractivity contribution in [2.75, 3.05) is 6.61 Å². The summed E-state index contributed by atoms with van der Waals surface area (Å²) in [5.74, 6) is -0.517. The second kappa shape index (κ2) is 16.8. The average Bonchev–Trinajstić information content (AvgIpc) is 2.42. The largest absolute Gasteiger partial charge is 1.00 e. The maximum atomic E-state index is 11.4. The van der Waals surface area contributed by atoms with Crippen LogP contribution < -0.4 is 29.6 Å². The van der Waals surface area contributed by atoms with E-state index in [2.05, 4.69) is 11.1 Å². The molecule has 0 aromatic heterocycles. The summed E-state index contributed by atoms with van der Waals surface area (Å²) in [5, 5.41) is 0. The van der Waals surface area contributed by atoms with Gasteiger partial charge in [-0.2, -0.15) is 8.42 Å². The number of hydrogen-bond acceptors (Lipinski definition) is 5. The first-order valence-corrected chi connectivity index (χ1v) is 10.0. The van der Waals surface area contributed by atoms with Crippen LogP contribution in [0.5, 0.6) is 0 Å². The molecule has 0 spiro atoms. The summed E-state index contributed by atoms with van der Waals surface area (Å²) in [6, 6.07) is 0. The Morgan fingerprint density at radius 2 is 1.42 bits per heavy atom. The van der Waals surface area contributed by atoms with Gasteiger partial charge in [0.15, 0.2) is 0 Å². The van der Waals surface area contributed by atoms with Gasteiger partial charge in [0.2, 0.25) is 0 Å². The fourth-order valence-electron chi connectivity index (χ4n) is 2.31. The van der Waals surface area contributed by atoms with Gasteiger partial charge in [0.25, 0.3) is 0 Å². The quantitative estimate of drug-likeness (QED) is 0.199. The van der Waals surface area contributed by atoms with Crippen molar-refractivity contribution in [3.63, 3.8) is 0 Å². The fourth-order valence-corrected chi connectivity index (χ4v) is 2.79. The SMILES string of the molecule is CCCCCCCCCCCCOC(=O)CC(C)OS(=O)(=O)O.[Na+]. The van der Waals surface area contributed by atoms with Crippen molar-refractivity contribution >= 4 is 16.4 Å². The third kappa shape index (κ3) is 20.4. The first kappa shape index (κ1) is 26.6. The number of unbranched alkanes of at least 4 members (excludes halogenated alkanes) is 9. The molecule has 0 aromatic rings. The Morgan fingerprint density at radius 1 is 0.958 bits per heavy atom. The number of esters is 1. The van der Waals surface area contributed by atoms with E-state index < -0.39 is 22.5 Å². The summed E-state index contributed by atoms with van der Waals surface area (Å²) in [6.07, 6.45) is 10.9. The van der Waals surface area contributed by atoms with Gasteiger partial charge in [-0.25, -0.2) is 4.18 Å². The van der Waals surface area contributed by atoms with Gasteiger partial charge < -0.3 is 4.74 Å². The zero-order valence-corrected chi connectivity index (χ0v) is 18.3. The maximum absolute atomic E-state index is 11.4. The summed E-state index contributed by atoms with van der Waals surface area (Å²) in [7, 11) is -4.52. The molecular formula is C16H32NaO6S+. The minimum atomic E-state index is -4.52. The molecule has 24 heavy (non-hydrogen) atoms. The fraction of sp³-hybridized carbons (Fsp3) is 0.938. The van der Waals surface area contributed by atoms with Crippen molar-refractivity contribution in [3.8, 4) is 0 Å². The second-order valence-corrected chi connectivity index (χ2v) is 6.99.